The highest BCUT2D eigenvalue weighted by molar-refractivity contribution is 5.61. The number of hydrogen-bond donors (Lipinski definition) is 0. The third-order valence-electron chi connectivity index (χ3n) is 5.44. The van der Waals surface area contributed by atoms with Gasteiger partial charge >= 0.3 is 0 Å². The average molecular weight is 382 g/mol. The van der Waals surface area contributed by atoms with Crippen molar-refractivity contribution in [1.29, 1.82) is 5.26 Å². The molecule has 0 amide bonds. The van der Waals surface area contributed by atoms with Crippen LogP contribution in [0.2, 0.25) is 0 Å². The lowest BCUT2D eigenvalue weighted by Crippen LogP contribution is -2.38. The Balaban J connectivity index is 1.49. The first-order valence-corrected chi connectivity index (χ1v) is 9.49. The van der Waals surface area contributed by atoms with Gasteiger partial charge in [-0.05, 0) is 24.6 Å². The maximum atomic E-state index is 14.0. The molecule has 4 rings (SSSR count). The minimum absolute atomic E-state index is 0.113. The van der Waals surface area contributed by atoms with Crippen molar-refractivity contribution < 1.29 is 9.13 Å². The van der Waals surface area contributed by atoms with Crippen LogP contribution in [-0.4, -0.2) is 62.5 Å². The van der Waals surface area contributed by atoms with Crippen LogP contribution in [0.25, 0.3) is 0 Å². The van der Waals surface area contributed by atoms with Crippen molar-refractivity contribution in [3.05, 3.63) is 41.8 Å². The van der Waals surface area contributed by atoms with Crippen LogP contribution in [-0.2, 0) is 4.74 Å². The van der Waals surface area contributed by atoms with Gasteiger partial charge < -0.3 is 19.4 Å². The van der Waals surface area contributed by atoms with Gasteiger partial charge in [0.15, 0.2) is 0 Å². The Labute approximate surface area is 164 Å². The molecule has 7 nitrogen and oxygen atoms in total. The summed E-state index contributed by atoms with van der Waals surface area (Å²) in [6.45, 7) is 4.45. The Kier molecular flexibility index (Phi) is 5.26. The van der Waals surface area contributed by atoms with Crippen LogP contribution in [0.3, 0.4) is 0 Å². The second kappa shape index (κ2) is 7.98. The van der Waals surface area contributed by atoms with Crippen molar-refractivity contribution in [2.75, 3.05) is 61.1 Å². The lowest BCUT2D eigenvalue weighted by atomic mass is 10.1. The van der Waals surface area contributed by atoms with E-state index in [0.29, 0.717) is 25.4 Å². The van der Waals surface area contributed by atoms with E-state index in [4.69, 9.17) is 9.72 Å². The van der Waals surface area contributed by atoms with E-state index in [1.54, 1.807) is 12.3 Å². The van der Waals surface area contributed by atoms with Crippen molar-refractivity contribution in [2.45, 2.75) is 12.5 Å². The van der Waals surface area contributed by atoms with Crippen LogP contribution in [0.4, 0.5) is 21.8 Å². The number of morpholine rings is 1. The molecule has 1 unspecified atom stereocenters. The fraction of sp³-hybridized carbons (Fsp3) is 0.450. The second-order valence-corrected chi connectivity index (χ2v) is 7.06. The second-order valence-electron chi connectivity index (χ2n) is 7.06. The molecule has 1 aromatic carbocycles. The van der Waals surface area contributed by atoms with Gasteiger partial charge in [0.1, 0.15) is 23.3 Å². The van der Waals surface area contributed by atoms with Crippen molar-refractivity contribution in [2.24, 2.45) is 0 Å². The van der Waals surface area contributed by atoms with E-state index >= 15 is 0 Å². The number of ether oxygens (including phenoxy) is 1. The van der Waals surface area contributed by atoms with Gasteiger partial charge in [-0.1, -0.05) is 6.07 Å². The molecular weight excluding hydrogens is 359 g/mol. The number of nitriles is 1. The van der Waals surface area contributed by atoms with Crippen molar-refractivity contribution in [3.8, 4) is 6.07 Å². The summed E-state index contributed by atoms with van der Waals surface area (Å²) in [6.07, 6.45) is 2.70. The van der Waals surface area contributed by atoms with Crippen LogP contribution in [0.15, 0.2) is 30.5 Å². The van der Waals surface area contributed by atoms with Gasteiger partial charge in [0.25, 0.3) is 0 Å². The van der Waals surface area contributed by atoms with E-state index in [0.717, 1.165) is 37.8 Å². The van der Waals surface area contributed by atoms with Crippen LogP contribution in [0.1, 0.15) is 12.0 Å². The lowest BCUT2D eigenvalue weighted by Gasteiger charge is -2.29. The molecule has 28 heavy (non-hydrogen) atoms. The molecule has 2 saturated heterocycles. The summed E-state index contributed by atoms with van der Waals surface area (Å²) < 4.78 is 19.4. The number of hydrogen-bond acceptors (Lipinski definition) is 7. The molecule has 0 aliphatic carbocycles. The third kappa shape index (κ3) is 3.58. The van der Waals surface area contributed by atoms with Gasteiger partial charge in [-0.2, -0.15) is 10.2 Å². The quantitative estimate of drug-likeness (QED) is 0.801. The van der Waals surface area contributed by atoms with Crippen LogP contribution >= 0.6 is 0 Å². The summed E-state index contributed by atoms with van der Waals surface area (Å²) in [5.74, 6) is 1.12. The van der Waals surface area contributed by atoms with E-state index in [1.807, 2.05) is 25.2 Å². The fourth-order valence-corrected chi connectivity index (χ4v) is 3.80. The molecule has 2 aromatic rings. The third-order valence-corrected chi connectivity index (χ3v) is 5.44. The number of likely N-dealkylation sites (N-methyl/N-ethyl adjacent to an activating group) is 1. The number of benzene rings is 1. The van der Waals surface area contributed by atoms with Gasteiger partial charge in [-0.3, -0.25) is 0 Å². The summed E-state index contributed by atoms with van der Waals surface area (Å²) in [4.78, 5) is 15.5. The standard InChI is InChI=1S/C20H23FN6O/c1-25(19-5-7-23-20(24-19)26-9-11-28-12-10-26)15-6-8-27(14-15)18-4-2-3-17(21)16(18)13-22/h2-5,7,15H,6,8-12,14H2,1H3. The van der Waals surface area contributed by atoms with Crippen molar-refractivity contribution >= 4 is 17.5 Å². The van der Waals surface area contributed by atoms with E-state index in [-0.39, 0.29) is 11.6 Å². The van der Waals surface area contributed by atoms with Crippen LogP contribution in [0, 0.1) is 17.1 Å². The molecule has 2 aliphatic heterocycles. The van der Waals surface area contributed by atoms with Gasteiger partial charge in [0, 0.05) is 45.5 Å². The molecule has 0 spiro atoms. The minimum atomic E-state index is -0.470. The highest BCUT2D eigenvalue weighted by Crippen LogP contribution is 2.29. The van der Waals surface area contributed by atoms with Gasteiger partial charge in [-0.25, -0.2) is 9.37 Å². The molecule has 8 heteroatoms. The van der Waals surface area contributed by atoms with E-state index in [2.05, 4.69) is 19.7 Å². The Hall–Kier alpha value is -2.92. The number of halogens is 1. The molecule has 3 heterocycles. The first kappa shape index (κ1) is 18.4. The minimum Gasteiger partial charge on any atom is -0.378 e. The average Bonchev–Trinajstić information content (AvgIpc) is 3.24. The zero-order valence-corrected chi connectivity index (χ0v) is 15.9. The number of aromatic nitrogens is 2. The first-order valence-electron chi connectivity index (χ1n) is 9.49. The van der Waals surface area contributed by atoms with Crippen molar-refractivity contribution in [3.63, 3.8) is 0 Å². The molecule has 2 fully saturated rings. The van der Waals surface area contributed by atoms with E-state index in [1.165, 1.54) is 6.07 Å². The highest BCUT2D eigenvalue weighted by Gasteiger charge is 2.29. The lowest BCUT2D eigenvalue weighted by molar-refractivity contribution is 0.122. The van der Waals surface area contributed by atoms with Gasteiger partial charge in [0.2, 0.25) is 5.95 Å². The predicted molar refractivity (Wildman–Crippen MR) is 105 cm³/mol. The smallest absolute Gasteiger partial charge is 0.227 e. The maximum absolute atomic E-state index is 14.0. The Morgan fingerprint density at radius 3 is 2.82 bits per heavy atom. The first-order chi connectivity index (χ1) is 13.7. The summed E-state index contributed by atoms with van der Waals surface area (Å²) in [5.41, 5.74) is 0.775. The fourth-order valence-electron chi connectivity index (χ4n) is 3.80. The van der Waals surface area contributed by atoms with Crippen molar-refractivity contribution in [1.82, 2.24) is 9.97 Å². The number of anilines is 3. The largest absolute Gasteiger partial charge is 0.378 e. The number of nitrogens with zero attached hydrogens (tertiary/aromatic N) is 6. The zero-order chi connectivity index (χ0) is 19.5. The summed E-state index contributed by atoms with van der Waals surface area (Å²) >= 11 is 0. The normalized spacial score (nSPS) is 19.5. The predicted octanol–water partition coefficient (Wildman–Crippen LogP) is 2.04. The van der Waals surface area contributed by atoms with Crippen LogP contribution < -0.4 is 14.7 Å². The molecule has 1 aromatic heterocycles. The van der Waals surface area contributed by atoms with Gasteiger partial charge in [0.05, 0.1) is 18.9 Å². The summed E-state index contributed by atoms with van der Waals surface area (Å²) in [5, 5.41) is 9.31. The molecule has 0 saturated carbocycles. The van der Waals surface area contributed by atoms with E-state index in [9.17, 15) is 9.65 Å². The molecule has 0 bridgehead atoms. The SMILES string of the molecule is CN(c1ccnc(N2CCOCC2)n1)C1CCN(c2cccc(F)c2C#N)C1. The summed E-state index contributed by atoms with van der Waals surface area (Å²) in [7, 11) is 2.02. The monoisotopic (exact) mass is 382 g/mol. The molecule has 1 atom stereocenters. The molecule has 0 radical (unpaired) electrons. The molecular formula is C20H23FN6O. The Bertz CT molecular complexity index is 879. The molecule has 0 N–H and O–H groups in total. The Morgan fingerprint density at radius 1 is 1.21 bits per heavy atom. The molecule has 146 valence electrons. The number of rotatable bonds is 4. The van der Waals surface area contributed by atoms with E-state index < -0.39 is 5.82 Å². The van der Waals surface area contributed by atoms with Crippen LogP contribution in [0.5, 0.6) is 0 Å². The highest BCUT2D eigenvalue weighted by atomic mass is 19.1. The van der Waals surface area contributed by atoms with Gasteiger partial charge in [-0.15, -0.1) is 0 Å². The topological polar surface area (TPSA) is 68.5 Å². The zero-order valence-electron chi connectivity index (χ0n) is 15.9. The maximum Gasteiger partial charge on any atom is 0.227 e. The molecule has 2 aliphatic rings. The Morgan fingerprint density at radius 2 is 2.04 bits per heavy atom. The summed E-state index contributed by atoms with van der Waals surface area (Å²) in [6, 6.07) is 8.92.